The number of nitrogens with zero attached hydrogens (tertiary/aromatic N) is 1. The number of rotatable bonds is 4. The van der Waals surface area contributed by atoms with Gasteiger partial charge in [-0.15, -0.1) is 0 Å². The molecule has 1 unspecified atom stereocenters. The number of amides is 1. The maximum absolute atomic E-state index is 13.7. The topological polar surface area (TPSA) is 57.6 Å². The summed E-state index contributed by atoms with van der Waals surface area (Å²) in [5, 5.41) is 8.72. The van der Waals surface area contributed by atoms with Crippen molar-refractivity contribution in [1.82, 2.24) is 4.90 Å². The number of aliphatic carboxylic acids is 1. The third-order valence-electron chi connectivity index (χ3n) is 3.95. The van der Waals surface area contributed by atoms with Crippen LogP contribution in [0.2, 0.25) is 0 Å². The molecular weight excluding hydrogens is 225 g/mol. The molecule has 0 bridgehead atoms. The van der Waals surface area contributed by atoms with Gasteiger partial charge < -0.3 is 10.0 Å². The summed E-state index contributed by atoms with van der Waals surface area (Å²) in [6.45, 7) is -0.0574. The summed E-state index contributed by atoms with van der Waals surface area (Å²) in [5.41, 5.74) is -2.23. The molecule has 1 amide bonds. The van der Waals surface area contributed by atoms with E-state index in [1.54, 1.807) is 0 Å². The predicted octanol–water partition coefficient (Wildman–Crippen LogP) is 1.59. The lowest BCUT2D eigenvalue weighted by Gasteiger charge is -2.26. The van der Waals surface area contributed by atoms with Crippen molar-refractivity contribution in [3.05, 3.63) is 0 Å². The van der Waals surface area contributed by atoms with Gasteiger partial charge in [-0.05, 0) is 12.3 Å². The zero-order chi connectivity index (χ0) is 12.5. The van der Waals surface area contributed by atoms with Crippen LogP contribution in [-0.2, 0) is 9.59 Å². The van der Waals surface area contributed by atoms with Crippen molar-refractivity contribution in [2.75, 3.05) is 13.1 Å². The SMILES string of the molecule is O=C(CCC1CCC1)N1CCC(F)(C(=O)O)C1. The van der Waals surface area contributed by atoms with Crippen molar-refractivity contribution in [3.63, 3.8) is 0 Å². The highest BCUT2D eigenvalue weighted by molar-refractivity contribution is 5.82. The van der Waals surface area contributed by atoms with E-state index >= 15 is 0 Å². The molecule has 5 heteroatoms. The second kappa shape index (κ2) is 4.63. The van der Waals surface area contributed by atoms with Crippen LogP contribution < -0.4 is 0 Å². The number of carboxylic acid groups (broad SMARTS) is 1. The molecule has 1 aliphatic heterocycles. The number of carboxylic acids is 1. The van der Waals surface area contributed by atoms with Gasteiger partial charge in [0.25, 0.3) is 0 Å². The zero-order valence-corrected chi connectivity index (χ0v) is 9.82. The van der Waals surface area contributed by atoms with E-state index in [4.69, 9.17) is 5.11 Å². The first-order chi connectivity index (χ1) is 8.01. The molecular formula is C12H18FNO3. The Morgan fingerprint density at radius 1 is 1.41 bits per heavy atom. The van der Waals surface area contributed by atoms with Gasteiger partial charge in [0.1, 0.15) is 0 Å². The molecule has 1 saturated carbocycles. The Morgan fingerprint density at radius 2 is 2.12 bits per heavy atom. The Kier molecular flexibility index (Phi) is 3.35. The Balaban J connectivity index is 1.79. The van der Waals surface area contributed by atoms with Crippen LogP contribution in [0, 0.1) is 5.92 Å². The molecule has 0 aromatic heterocycles. The summed E-state index contributed by atoms with van der Waals surface area (Å²) in [5.74, 6) is -0.902. The van der Waals surface area contributed by atoms with Gasteiger partial charge in [0.05, 0.1) is 6.54 Å². The Bertz CT molecular complexity index is 330. The van der Waals surface area contributed by atoms with Crippen LogP contribution in [-0.4, -0.2) is 40.6 Å². The van der Waals surface area contributed by atoms with Gasteiger partial charge in [0, 0.05) is 19.4 Å². The molecule has 0 spiro atoms. The standard InChI is InChI=1S/C12H18FNO3/c13-12(11(16)17)6-7-14(8-12)10(15)5-4-9-2-1-3-9/h9H,1-8H2,(H,16,17). The van der Waals surface area contributed by atoms with E-state index in [1.165, 1.54) is 24.2 Å². The molecule has 2 rings (SSSR count). The van der Waals surface area contributed by atoms with Gasteiger partial charge >= 0.3 is 5.97 Å². The van der Waals surface area contributed by atoms with Gasteiger partial charge in [0.15, 0.2) is 0 Å². The second-order valence-electron chi connectivity index (χ2n) is 5.17. The Morgan fingerprint density at radius 3 is 2.59 bits per heavy atom. The van der Waals surface area contributed by atoms with Crippen LogP contribution in [0.5, 0.6) is 0 Å². The molecule has 96 valence electrons. The van der Waals surface area contributed by atoms with E-state index < -0.39 is 11.6 Å². The van der Waals surface area contributed by atoms with Crippen LogP contribution >= 0.6 is 0 Å². The summed E-state index contributed by atoms with van der Waals surface area (Å²) < 4.78 is 13.7. The molecule has 17 heavy (non-hydrogen) atoms. The Hall–Kier alpha value is -1.13. The quantitative estimate of drug-likeness (QED) is 0.815. The number of halogens is 1. The summed E-state index contributed by atoms with van der Waals surface area (Å²) in [6.07, 6.45) is 4.83. The van der Waals surface area contributed by atoms with Gasteiger partial charge in [0.2, 0.25) is 11.6 Å². The van der Waals surface area contributed by atoms with Crippen molar-refractivity contribution in [3.8, 4) is 0 Å². The summed E-state index contributed by atoms with van der Waals surface area (Å²) in [4.78, 5) is 23.8. The highest BCUT2D eigenvalue weighted by atomic mass is 19.1. The zero-order valence-electron chi connectivity index (χ0n) is 9.82. The van der Waals surface area contributed by atoms with Gasteiger partial charge in [-0.2, -0.15) is 0 Å². The average molecular weight is 243 g/mol. The molecule has 1 N–H and O–H groups in total. The third kappa shape index (κ3) is 2.58. The maximum Gasteiger partial charge on any atom is 0.343 e. The van der Waals surface area contributed by atoms with Gasteiger partial charge in [-0.3, -0.25) is 4.79 Å². The molecule has 2 fully saturated rings. The lowest BCUT2D eigenvalue weighted by atomic mass is 9.82. The third-order valence-corrected chi connectivity index (χ3v) is 3.95. The van der Waals surface area contributed by atoms with E-state index in [0.717, 1.165) is 6.42 Å². The highest BCUT2D eigenvalue weighted by Crippen LogP contribution is 2.31. The lowest BCUT2D eigenvalue weighted by Crippen LogP contribution is -2.39. The molecule has 1 saturated heterocycles. The van der Waals surface area contributed by atoms with Crippen molar-refractivity contribution in [2.24, 2.45) is 5.92 Å². The van der Waals surface area contributed by atoms with Gasteiger partial charge in [-0.25, -0.2) is 9.18 Å². The fourth-order valence-electron chi connectivity index (χ4n) is 2.43. The van der Waals surface area contributed by atoms with E-state index in [1.807, 2.05) is 0 Å². The largest absolute Gasteiger partial charge is 0.479 e. The van der Waals surface area contributed by atoms with Gasteiger partial charge in [-0.1, -0.05) is 19.3 Å². The second-order valence-corrected chi connectivity index (χ2v) is 5.17. The summed E-state index contributed by atoms with van der Waals surface area (Å²) >= 11 is 0. The summed E-state index contributed by atoms with van der Waals surface area (Å²) in [6, 6.07) is 0. The molecule has 1 heterocycles. The van der Waals surface area contributed by atoms with Crippen LogP contribution in [0.3, 0.4) is 0 Å². The first kappa shape index (κ1) is 12.3. The van der Waals surface area contributed by atoms with E-state index in [2.05, 4.69) is 0 Å². The van der Waals surface area contributed by atoms with Crippen molar-refractivity contribution in [2.45, 2.75) is 44.2 Å². The fourth-order valence-corrected chi connectivity index (χ4v) is 2.43. The minimum atomic E-state index is -2.23. The monoisotopic (exact) mass is 243 g/mol. The number of hydrogen-bond donors (Lipinski definition) is 1. The van der Waals surface area contributed by atoms with Crippen molar-refractivity contribution >= 4 is 11.9 Å². The fraction of sp³-hybridized carbons (Fsp3) is 0.833. The Labute approximate surface area is 99.8 Å². The molecule has 4 nitrogen and oxygen atoms in total. The predicted molar refractivity (Wildman–Crippen MR) is 59.2 cm³/mol. The normalized spacial score (nSPS) is 29.1. The highest BCUT2D eigenvalue weighted by Gasteiger charge is 2.46. The number of likely N-dealkylation sites (tertiary alicyclic amines) is 1. The van der Waals surface area contributed by atoms with Crippen LogP contribution in [0.4, 0.5) is 4.39 Å². The minimum absolute atomic E-state index is 0.0858. The smallest absolute Gasteiger partial charge is 0.343 e. The minimum Gasteiger partial charge on any atom is -0.479 e. The number of carbonyl (C=O) groups excluding carboxylic acids is 1. The van der Waals surface area contributed by atoms with Crippen LogP contribution in [0.25, 0.3) is 0 Å². The van der Waals surface area contributed by atoms with Crippen molar-refractivity contribution in [1.29, 1.82) is 0 Å². The van der Waals surface area contributed by atoms with Crippen LogP contribution in [0.1, 0.15) is 38.5 Å². The summed E-state index contributed by atoms with van der Waals surface area (Å²) in [7, 11) is 0. The average Bonchev–Trinajstić information content (AvgIpc) is 2.60. The molecule has 0 aromatic carbocycles. The number of carbonyl (C=O) groups is 2. The first-order valence-electron chi connectivity index (χ1n) is 6.21. The molecule has 0 radical (unpaired) electrons. The molecule has 1 aliphatic carbocycles. The van der Waals surface area contributed by atoms with Crippen LogP contribution in [0.15, 0.2) is 0 Å². The van der Waals surface area contributed by atoms with E-state index in [0.29, 0.717) is 12.3 Å². The lowest BCUT2D eigenvalue weighted by molar-refractivity contribution is -0.150. The first-order valence-corrected chi connectivity index (χ1v) is 6.21. The van der Waals surface area contributed by atoms with E-state index in [9.17, 15) is 14.0 Å². The molecule has 0 aromatic rings. The molecule has 2 aliphatic rings. The number of alkyl halides is 1. The van der Waals surface area contributed by atoms with Crippen molar-refractivity contribution < 1.29 is 19.1 Å². The number of hydrogen-bond acceptors (Lipinski definition) is 2. The molecule has 1 atom stereocenters. The maximum atomic E-state index is 13.7. The van der Waals surface area contributed by atoms with E-state index in [-0.39, 0.29) is 25.4 Å².